The van der Waals surface area contributed by atoms with Crippen molar-refractivity contribution < 1.29 is 59.9 Å². The van der Waals surface area contributed by atoms with E-state index in [0.29, 0.717) is 77.2 Å². The number of carbonyl (C=O) groups excluding carboxylic acids is 1. The van der Waals surface area contributed by atoms with E-state index in [9.17, 15) is 45.6 Å². The Morgan fingerprint density at radius 3 is 2.37 bits per heavy atom. The molecule has 4 heterocycles. The number of carboxylic acid groups (broad SMARTS) is 1. The number of aromatic amines is 2. The SMILES string of the molecule is CNC[C@H](C[C@@H](c1cnc[nH]1)[C@H]1NC(=O)[C@]23CCC[C@H]2C#C[C@H]2C=C4[C@@H]5C[C@@](C)(CO)CC[C@]5(C(=O)O)C[C@H](Cc5cnc[nH]5)[C@@]4(C)[C@]4(C)CC[C@@H]5[C@](C)(CO)[C@H](O[C@@H]6OC[C@@H](O)[C@H](O)[C@H]6O)[C@H](O)[C@H](C[C@H]13)[C@]5(C)[C@@H]24)[C@@H](N)O. The fourth-order valence-electron chi connectivity index (χ4n) is 20.0. The van der Waals surface area contributed by atoms with Crippen LogP contribution in [0.4, 0.5) is 0 Å². The van der Waals surface area contributed by atoms with E-state index in [0.717, 1.165) is 23.4 Å². The molecule has 7 fully saturated rings. The summed E-state index contributed by atoms with van der Waals surface area (Å²) in [4.78, 5) is 45.5. The Labute approximate surface area is 457 Å². The summed E-state index contributed by atoms with van der Waals surface area (Å²) in [6.45, 7) is 10.6. The molecule has 0 radical (unpaired) electrons. The van der Waals surface area contributed by atoms with Crippen molar-refractivity contribution in [2.75, 3.05) is 33.4 Å². The van der Waals surface area contributed by atoms with Gasteiger partial charge in [-0.15, -0.1) is 0 Å². The lowest BCUT2D eigenvalue weighted by atomic mass is 9.29. The fourth-order valence-corrected chi connectivity index (χ4v) is 20.0. The highest BCUT2D eigenvalue weighted by Gasteiger charge is 2.77. The van der Waals surface area contributed by atoms with Crippen LogP contribution in [-0.4, -0.2) is 155 Å². The minimum atomic E-state index is -1.68. The van der Waals surface area contributed by atoms with Gasteiger partial charge >= 0.3 is 5.97 Å². The Morgan fingerprint density at radius 1 is 0.949 bits per heavy atom. The highest BCUT2D eigenvalue weighted by molar-refractivity contribution is 5.87. The van der Waals surface area contributed by atoms with Crippen molar-refractivity contribution in [1.82, 2.24) is 30.6 Å². The number of rotatable bonds is 14. The molecular formula is C59H87N7O12. The van der Waals surface area contributed by atoms with E-state index in [1.54, 1.807) is 18.9 Å². The normalized spacial score (nSPS) is 48.5. The van der Waals surface area contributed by atoms with E-state index >= 15 is 4.79 Å². The van der Waals surface area contributed by atoms with E-state index in [1.165, 1.54) is 0 Å². The molecule has 11 rings (SSSR count). The van der Waals surface area contributed by atoms with Gasteiger partial charge in [0.15, 0.2) is 6.29 Å². The van der Waals surface area contributed by atoms with Crippen molar-refractivity contribution >= 4 is 11.9 Å². The quantitative estimate of drug-likeness (QED) is 0.0560. The van der Waals surface area contributed by atoms with Gasteiger partial charge in [0.2, 0.25) is 5.91 Å². The molecule has 0 bridgehead atoms. The Hall–Kier alpha value is -3.78. The number of imidazole rings is 2. The molecule has 2 aromatic heterocycles. The van der Waals surface area contributed by atoms with Crippen molar-refractivity contribution in [1.29, 1.82) is 0 Å². The number of allylic oxidation sites excluding steroid dienone is 2. The lowest BCUT2D eigenvalue weighted by molar-refractivity contribution is -0.342. The maximum atomic E-state index is 15.6. The number of fused-ring (bicyclic) bond motifs is 4. The molecule has 5 saturated carbocycles. The van der Waals surface area contributed by atoms with Crippen molar-refractivity contribution in [3.05, 3.63) is 48.1 Å². The number of ether oxygens (including phenoxy) is 2. The number of nitrogens with two attached hydrogens (primary N) is 1. The molecule has 19 heteroatoms. The number of aliphatic carboxylic acids is 1. The average molecular weight is 1090 g/mol. The number of nitrogens with one attached hydrogen (secondary N) is 4. The van der Waals surface area contributed by atoms with Crippen LogP contribution in [0.1, 0.15) is 123 Å². The lowest BCUT2D eigenvalue weighted by Crippen LogP contribution is -2.74. The minimum absolute atomic E-state index is 0.0766. The van der Waals surface area contributed by atoms with Crippen LogP contribution in [0.2, 0.25) is 0 Å². The van der Waals surface area contributed by atoms with Gasteiger partial charge < -0.3 is 76.7 Å². The highest BCUT2D eigenvalue weighted by atomic mass is 16.7. The van der Waals surface area contributed by atoms with Crippen LogP contribution in [0, 0.1) is 103 Å². The minimum Gasteiger partial charge on any atom is -0.481 e. The smallest absolute Gasteiger partial charge is 0.310 e. The first-order valence-electron chi connectivity index (χ1n) is 29.1. The summed E-state index contributed by atoms with van der Waals surface area (Å²) in [6.07, 6.45) is 5.57. The van der Waals surface area contributed by atoms with Gasteiger partial charge in [0.05, 0.1) is 48.9 Å². The number of aliphatic hydroxyl groups excluding tert-OH is 7. The van der Waals surface area contributed by atoms with Gasteiger partial charge in [-0.1, -0.05) is 64.5 Å². The second-order valence-corrected chi connectivity index (χ2v) is 27.4. The van der Waals surface area contributed by atoms with E-state index < -0.39 is 141 Å². The zero-order valence-electron chi connectivity index (χ0n) is 46.3. The second kappa shape index (κ2) is 20.0. The number of nitrogens with zero attached hydrogens (tertiary/aromatic N) is 2. The number of aliphatic hydroxyl groups is 7. The number of carboxylic acids is 1. The van der Waals surface area contributed by atoms with Gasteiger partial charge in [0, 0.05) is 72.1 Å². The zero-order chi connectivity index (χ0) is 55.7. The number of hydrogen-bond acceptors (Lipinski definition) is 15. The van der Waals surface area contributed by atoms with Gasteiger partial charge in [-0.3, -0.25) is 9.59 Å². The molecule has 7 aliphatic carbocycles. The summed E-state index contributed by atoms with van der Waals surface area (Å²) in [5.74, 6) is 2.67. The monoisotopic (exact) mass is 1090 g/mol. The van der Waals surface area contributed by atoms with Gasteiger partial charge in [-0.2, -0.15) is 0 Å². The molecule has 430 valence electrons. The predicted molar refractivity (Wildman–Crippen MR) is 284 cm³/mol. The number of carbonyl (C=O) groups is 2. The largest absolute Gasteiger partial charge is 0.481 e. The molecule has 1 amide bonds. The van der Waals surface area contributed by atoms with Crippen LogP contribution in [0.15, 0.2) is 36.7 Å². The Balaban J connectivity index is 1.16. The third kappa shape index (κ3) is 7.98. The second-order valence-electron chi connectivity index (χ2n) is 27.4. The summed E-state index contributed by atoms with van der Waals surface area (Å²) >= 11 is 0. The van der Waals surface area contributed by atoms with Crippen LogP contribution in [0.5, 0.6) is 0 Å². The van der Waals surface area contributed by atoms with E-state index in [-0.39, 0.29) is 36.9 Å². The van der Waals surface area contributed by atoms with Gasteiger partial charge in [-0.25, -0.2) is 9.97 Å². The third-order valence-corrected chi connectivity index (χ3v) is 24.1. The molecule has 14 N–H and O–H groups in total. The van der Waals surface area contributed by atoms with Crippen LogP contribution in [-0.2, 0) is 25.5 Å². The number of aromatic nitrogens is 4. The molecule has 2 aliphatic heterocycles. The molecule has 2 aromatic rings. The Bertz CT molecular complexity index is 2650. The first-order valence-corrected chi connectivity index (χ1v) is 29.1. The fraction of sp³-hybridized carbons (Fsp3) is 0.797. The first-order chi connectivity index (χ1) is 37.0. The van der Waals surface area contributed by atoms with Crippen molar-refractivity contribution in [2.24, 2.45) is 96.9 Å². The van der Waals surface area contributed by atoms with Crippen LogP contribution >= 0.6 is 0 Å². The molecule has 0 unspecified atom stereocenters. The summed E-state index contributed by atoms with van der Waals surface area (Å²) in [5.41, 5.74) is 2.99. The van der Waals surface area contributed by atoms with Gasteiger partial charge in [0.25, 0.3) is 0 Å². The van der Waals surface area contributed by atoms with E-state index in [1.807, 2.05) is 20.2 Å². The van der Waals surface area contributed by atoms with Gasteiger partial charge in [-0.05, 0) is 135 Å². The standard InChI is InChI=1S/C59H87N7O12/c1-53(26-67)14-15-58(52(75)76)20-33(18-34-23-62-28-64-34)57(5)36(39(58)21-53)17-30-9-10-32-8-7-12-59(32)37(43(66-51(59)74)35(40-24-63-29-65-40)16-31(22-61-6)49(60)73)19-38-44(70)48(78-50-46(72)45(71)41(69)25-77-50)54(2,27-68)42-11-13-55(57,3)47(30)56(38,42)4/h17,23-24,28-33,35,37-39,41-50,61,67-73H,7-8,11-16,18-22,25-27,60H2,1-6H3,(H,62,64)(H,63,65)(H,66,74)(H,75,76)/t30-,31-,32-,33-,35-,37+,38-,39-,41+,42+,43+,44+,45-,46+,47-,48+,49-,50-,53-,54-,55+,56-,57+,58-,59+/m0/s1. The van der Waals surface area contributed by atoms with Crippen molar-refractivity contribution in [3.63, 3.8) is 0 Å². The molecular weight excluding hydrogens is 999 g/mol. The molecule has 1 spiro atoms. The number of amides is 1. The molecule has 78 heavy (non-hydrogen) atoms. The molecule has 9 aliphatic rings. The Morgan fingerprint density at radius 2 is 1.71 bits per heavy atom. The molecule has 0 aromatic carbocycles. The summed E-state index contributed by atoms with van der Waals surface area (Å²) in [5, 5.41) is 99.7. The third-order valence-electron chi connectivity index (χ3n) is 24.1. The lowest BCUT2D eigenvalue weighted by Gasteiger charge is -2.75. The molecule has 25 atom stereocenters. The molecule has 2 saturated heterocycles. The Kier molecular flexibility index (Phi) is 14.4. The van der Waals surface area contributed by atoms with E-state index in [4.69, 9.17) is 15.2 Å². The van der Waals surface area contributed by atoms with Crippen molar-refractivity contribution in [2.45, 2.75) is 167 Å². The maximum absolute atomic E-state index is 15.6. The van der Waals surface area contributed by atoms with Crippen LogP contribution in [0.25, 0.3) is 0 Å². The van der Waals surface area contributed by atoms with Crippen LogP contribution < -0.4 is 16.4 Å². The number of H-pyrrole nitrogens is 2. The zero-order valence-corrected chi connectivity index (χ0v) is 46.3. The number of hydrogen-bond donors (Lipinski definition) is 13. The first kappa shape index (κ1) is 56.1. The van der Waals surface area contributed by atoms with E-state index in [2.05, 4.69) is 76.2 Å². The van der Waals surface area contributed by atoms with Gasteiger partial charge in [0.1, 0.15) is 24.5 Å². The topological polar surface area (TPSA) is 322 Å². The highest BCUT2D eigenvalue weighted by Crippen LogP contribution is 2.80. The average Bonchev–Trinajstić information content (AvgIpc) is 2.57. The summed E-state index contributed by atoms with van der Waals surface area (Å²) in [6, 6.07) is -0.549. The molecule has 19 nitrogen and oxygen atoms in total. The predicted octanol–water partition coefficient (Wildman–Crippen LogP) is 2.57. The van der Waals surface area contributed by atoms with Crippen molar-refractivity contribution in [3.8, 4) is 11.8 Å². The summed E-state index contributed by atoms with van der Waals surface area (Å²) < 4.78 is 12.8. The summed E-state index contributed by atoms with van der Waals surface area (Å²) in [7, 11) is 1.81. The maximum Gasteiger partial charge on any atom is 0.310 e. The van der Waals surface area contributed by atoms with Crippen LogP contribution in [0.3, 0.4) is 0 Å².